The third-order valence-corrected chi connectivity index (χ3v) is 6.15. The molecule has 1 saturated heterocycles. The molecule has 146 valence electrons. The molecule has 0 saturated carbocycles. The molecule has 0 amide bonds. The van der Waals surface area contributed by atoms with Crippen LogP contribution in [-0.4, -0.2) is 49.6 Å². The maximum atomic E-state index is 13.0. The Morgan fingerprint density at radius 1 is 1.11 bits per heavy atom. The van der Waals surface area contributed by atoms with Gasteiger partial charge < -0.3 is 4.74 Å². The molecule has 27 heavy (non-hydrogen) atoms. The fourth-order valence-electron chi connectivity index (χ4n) is 3.41. The smallest absolute Gasteiger partial charge is 0.211 e. The minimum Gasteiger partial charge on any atom is -0.489 e. The zero-order chi connectivity index (χ0) is 19.4. The van der Waals surface area contributed by atoms with Gasteiger partial charge in [0, 0.05) is 37.8 Å². The zero-order valence-electron chi connectivity index (χ0n) is 15.6. The van der Waals surface area contributed by atoms with Gasteiger partial charge in [-0.2, -0.15) is 4.31 Å². The molecule has 0 N–H and O–H groups in total. The highest BCUT2D eigenvalue weighted by molar-refractivity contribution is 7.88. The molecule has 2 aromatic rings. The van der Waals surface area contributed by atoms with Crippen molar-refractivity contribution in [3.8, 4) is 5.75 Å². The van der Waals surface area contributed by atoms with Gasteiger partial charge in [-0.3, -0.25) is 4.90 Å². The quantitative estimate of drug-likeness (QED) is 0.759. The fourth-order valence-corrected chi connectivity index (χ4v) is 4.54. The summed E-state index contributed by atoms with van der Waals surface area (Å²) in [6.07, 6.45) is 1.26. The molecular formula is C20H25FN2O3S. The molecule has 0 radical (unpaired) electrons. The SMILES string of the molecule is CC1CN(Cc2ccccc2OCc2ccc(F)cc2)CCN1S(C)(=O)=O. The van der Waals surface area contributed by atoms with Crippen LogP contribution >= 0.6 is 0 Å². The maximum Gasteiger partial charge on any atom is 0.211 e. The number of piperazine rings is 1. The average Bonchev–Trinajstić information content (AvgIpc) is 2.61. The van der Waals surface area contributed by atoms with E-state index in [0.29, 0.717) is 32.8 Å². The minimum atomic E-state index is -3.17. The summed E-state index contributed by atoms with van der Waals surface area (Å²) in [5.74, 6) is 0.529. The lowest BCUT2D eigenvalue weighted by atomic mass is 10.1. The fraction of sp³-hybridized carbons (Fsp3) is 0.400. The summed E-state index contributed by atoms with van der Waals surface area (Å²) in [6.45, 7) is 4.86. The van der Waals surface area contributed by atoms with E-state index >= 15 is 0 Å². The highest BCUT2D eigenvalue weighted by Gasteiger charge is 2.29. The summed E-state index contributed by atoms with van der Waals surface area (Å²) in [5.41, 5.74) is 1.96. The molecule has 0 aliphatic carbocycles. The van der Waals surface area contributed by atoms with Gasteiger partial charge in [-0.1, -0.05) is 30.3 Å². The number of hydrogen-bond donors (Lipinski definition) is 0. The van der Waals surface area contributed by atoms with Gasteiger partial charge >= 0.3 is 0 Å². The first-order chi connectivity index (χ1) is 12.8. The molecule has 1 aliphatic heterocycles. The second-order valence-electron chi connectivity index (χ2n) is 6.98. The van der Waals surface area contributed by atoms with Crippen molar-refractivity contribution in [3.63, 3.8) is 0 Å². The predicted octanol–water partition coefficient (Wildman–Crippen LogP) is 2.87. The molecule has 1 unspecified atom stereocenters. The summed E-state index contributed by atoms with van der Waals surface area (Å²) >= 11 is 0. The third kappa shape index (κ3) is 5.28. The molecule has 2 aromatic carbocycles. The second kappa shape index (κ2) is 8.37. The molecule has 1 fully saturated rings. The molecule has 0 spiro atoms. The van der Waals surface area contributed by atoms with Crippen LogP contribution in [0.1, 0.15) is 18.1 Å². The first kappa shape index (κ1) is 19.8. The Kier molecular flexibility index (Phi) is 6.14. The Morgan fingerprint density at radius 3 is 2.48 bits per heavy atom. The van der Waals surface area contributed by atoms with Crippen LogP contribution in [0.15, 0.2) is 48.5 Å². The minimum absolute atomic E-state index is 0.0546. The van der Waals surface area contributed by atoms with Gasteiger partial charge in [0.2, 0.25) is 10.0 Å². The Morgan fingerprint density at radius 2 is 1.81 bits per heavy atom. The van der Waals surface area contributed by atoms with Gasteiger partial charge in [-0.25, -0.2) is 12.8 Å². The van der Waals surface area contributed by atoms with Crippen molar-refractivity contribution in [2.24, 2.45) is 0 Å². The van der Waals surface area contributed by atoms with Crippen molar-refractivity contribution in [1.29, 1.82) is 0 Å². The molecule has 5 nitrogen and oxygen atoms in total. The van der Waals surface area contributed by atoms with E-state index in [0.717, 1.165) is 16.9 Å². The Labute approximate surface area is 160 Å². The summed E-state index contributed by atoms with van der Waals surface area (Å²) in [6, 6.07) is 14.1. The van der Waals surface area contributed by atoms with Gasteiger partial charge in [0.1, 0.15) is 18.2 Å². The highest BCUT2D eigenvalue weighted by atomic mass is 32.2. The van der Waals surface area contributed by atoms with Gasteiger partial charge in [-0.05, 0) is 30.7 Å². The van der Waals surface area contributed by atoms with Gasteiger partial charge in [0.05, 0.1) is 6.26 Å². The predicted molar refractivity (Wildman–Crippen MR) is 103 cm³/mol. The molecule has 7 heteroatoms. The van der Waals surface area contributed by atoms with Crippen molar-refractivity contribution in [2.75, 3.05) is 25.9 Å². The largest absolute Gasteiger partial charge is 0.489 e. The molecular weight excluding hydrogens is 367 g/mol. The topological polar surface area (TPSA) is 49.9 Å². The van der Waals surface area contributed by atoms with Gasteiger partial charge in [-0.15, -0.1) is 0 Å². The van der Waals surface area contributed by atoms with E-state index in [-0.39, 0.29) is 11.9 Å². The van der Waals surface area contributed by atoms with Crippen LogP contribution in [0, 0.1) is 5.82 Å². The van der Waals surface area contributed by atoms with E-state index in [1.54, 1.807) is 16.4 Å². The number of halogens is 1. The standard InChI is InChI=1S/C20H25FN2O3S/c1-16-13-22(11-12-23(16)27(2,24)25)14-18-5-3-4-6-20(18)26-15-17-7-9-19(21)10-8-17/h3-10,16H,11-15H2,1-2H3. The van der Waals surface area contributed by atoms with Crippen LogP contribution in [0.5, 0.6) is 5.75 Å². The van der Waals surface area contributed by atoms with E-state index in [1.165, 1.54) is 18.4 Å². The van der Waals surface area contributed by atoms with Crippen molar-refractivity contribution in [3.05, 3.63) is 65.5 Å². The van der Waals surface area contributed by atoms with Gasteiger partial charge in [0.15, 0.2) is 0 Å². The first-order valence-corrected chi connectivity index (χ1v) is 10.8. The highest BCUT2D eigenvalue weighted by Crippen LogP contribution is 2.23. The third-order valence-electron chi connectivity index (χ3n) is 4.75. The molecule has 0 bridgehead atoms. The van der Waals surface area contributed by atoms with Gasteiger partial charge in [0.25, 0.3) is 0 Å². The average molecular weight is 392 g/mol. The normalized spacial score (nSPS) is 19.1. The first-order valence-electron chi connectivity index (χ1n) is 8.97. The number of nitrogens with zero attached hydrogens (tertiary/aromatic N) is 2. The zero-order valence-corrected chi connectivity index (χ0v) is 16.5. The lowest BCUT2D eigenvalue weighted by Crippen LogP contribution is -2.53. The van der Waals surface area contributed by atoms with Crippen molar-refractivity contribution in [1.82, 2.24) is 9.21 Å². The summed E-state index contributed by atoms with van der Waals surface area (Å²) < 4.78 is 44.2. The monoisotopic (exact) mass is 392 g/mol. The molecule has 1 heterocycles. The summed E-state index contributed by atoms with van der Waals surface area (Å²) in [5, 5.41) is 0. The van der Waals surface area contributed by atoms with Crippen LogP contribution in [-0.2, 0) is 23.2 Å². The van der Waals surface area contributed by atoms with Crippen molar-refractivity contribution in [2.45, 2.75) is 26.1 Å². The molecule has 1 aliphatic rings. The number of ether oxygens (including phenoxy) is 1. The molecule has 1 atom stereocenters. The Hall–Kier alpha value is -1.96. The number of hydrogen-bond acceptors (Lipinski definition) is 4. The van der Waals surface area contributed by atoms with E-state index < -0.39 is 10.0 Å². The summed E-state index contributed by atoms with van der Waals surface area (Å²) in [4.78, 5) is 2.24. The van der Waals surface area contributed by atoms with Crippen LogP contribution in [0.2, 0.25) is 0 Å². The van der Waals surface area contributed by atoms with Crippen molar-refractivity contribution < 1.29 is 17.5 Å². The number of rotatable bonds is 6. The van der Waals surface area contributed by atoms with Crippen LogP contribution in [0.3, 0.4) is 0 Å². The molecule has 3 rings (SSSR count). The lowest BCUT2D eigenvalue weighted by molar-refractivity contribution is 0.137. The number of para-hydroxylation sites is 1. The summed E-state index contributed by atoms with van der Waals surface area (Å²) in [7, 11) is -3.17. The van der Waals surface area contributed by atoms with Crippen LogP contribution in [0.25, 0.3) is 0 Å². The lowest BCUT2D eigenvalue weighted by Gasteiger charge is -2.38. The Bertz CT molecular complexity index is 871. The number of sulfonamides is 1. The van der Waals surface area contributed by atoms with E-state index in [4.69, 9.17) is 4.74 Å². The van der Waals surface area contributed by atoms with E-state index in [9.17, 15) is 12.8 Å². The van der Waals surface area contributed by atoms with Crippen LogP contribution in [0.4, 0.5) is 4.39 Å². The molecule has 0 aromatic heterocycles. The van der Waals surface area contributed by atoms with E-state index in [2.05, 4.69) is 4.90 Å². The maximum absolute atomic E-state index is 13.0. The number of benzene rings is 2. The van der Waals surface area contributed by atoms with E-state index in [1.807, 2.05) is 31.2 Å². The van der Waals surface area contributed by atoms with Crippen molar-refractivity contribution >= 4 is 10.0 Å². The second-order valence-corrected chi connectivity index (χ2v) is 8.92. The Balaban J connectivity index is 1.63. The van der Waals surface area contributed by atoms with Crippen LogP contribution < -0.4 is 4.74 Å².